The van der Waals surface area contributed by atoms with Crippen LogP contribution < -0.4 is 21.3 Å². The molecule has 0 aromatic heterocycles. The van der Waals surface area contributed by atoms with Crippen molar-refractivity contribution in [1.82, 2.24) is 10.6 Å². The number of anilines is 2. The molecular weight excluding hydrogens is 440 g/mol. The smallest absolute Gasteiger partial charge is 0.251 e. The molecule has 35 heavy (non-hydrogen) atoms. The van der Waals surface area contributed by atoms with Crippen LogP contribution >= 0.6 is 0 Å². The first-order chi connectivity index (χ1) is 16.9. The van der Waals surface area contributed by atoms with Crippen LogP contribution in [0.5, 0.6) is 0 Å². The molecule has 2 unspecified atom stereocenters. The van der Waals surface area contributed by atoms with Crippen molar-refractivity contribution >= 4 is 29.1 Å². The average Bonchev–Trinajstić information content (AvgIpc) is 2.88. The van der Waals surface area contributed by atoms with Gasteiger partial charge in [0.1, 0.15) is 0 Å². The highest BCUT2D eigenvalue weighted by molar-refractivity contribution is 5.98. The van der Waals surface area contributed by atoms with Crippen LogP contribution in [0.1, 0.15) is 59.5 Å². The fourth-order valence-corrected chi connectivity index (χ4v) is 3.41. The van der Waals surface area contributed by atoms with Gasteiger partial charge >= 0.3 is 0 Å². The molecule has 0 aliphatic heterocycles. The second kappa shape index (κ2) is 12.4. The number of hydrogen-bond donors (Lipinski definition) is 4. The summed E-state index contributed by atoms with van der Waals surface area (Å²) in [6.07, 6.45) is 0.836. The molecule has 3 rings (SSSR count). The zero-order valence-electron chi connectivity index (χ0n) is 20.3. The molecule has 0 aliphatic carbocycles. The molecular formula is C28H32N4O3. The second-order valence-corrected chi connectivity index (χ2v) is 8.45. The summed E-state index contributed by atoms with van der Waals surface area (Å²) in [5, 5.41) is 11.7. The number of carbonyl (C=O) groups is 3. The van der Waals surface area contributed by atoms with Crippen molar-refractivity contribution < 1.29 is 14.4 Å². The molecule has 0 radical (unpaired) electrons. The van der Waals surface area contributed by atoms with Crippen LogP contribution in [0.4, 0.5) is 11.4 Å². The van der Waals surface area contributed by atoms with Gasteiger partial charge in [-0.25, -0.2) is 0 Å². The molecule has 182 valence electrons. The largest absolute Gasteiger partial charge is 0.376 e. The van der Waals surface area contributed by atoms with E-state index < -0.39 is 0 Å². The Morgan fingerprint density at radius 3 is 2.00 bits per heavy atom. The summed E-state index contributed by atoms with van der Waals surface area (Å²) in [6.45, 7) is 5.89. The van der Waals surface area contributed by atoms with Crippen LogP contribution in [-0.2, 0) is 4.79 Å². The third kappa shape index (κ3) is 7.71. The van der Waals surface area contributed by atoms with Crippen LogP contribution in [0.3, 0.4) is 0 Å². The van der Waals surface area contributed by atoms with E-state index in [1.807, 2.05) is 51.1 Å². The summed E-state index contributed by atoms with van der Waals surface area (Å²) in [5.74, 6) is -0.635. The van der Waals surface area contributed by atoms with Gasteiger partial charge in [0, 0.05) is 28.5 Å². The van der Waals surface area contributed by atoms with Gasteiger partial charge in [-0.15, -0.1) is 0 Å². The van der Waals surface area contributed by atoms with Gasteiger partial charge in [-0.3, -0.25) is 14.4 Å². The number of rotatable bonds is 10. The van der Waals surface area contributed by atoms with Crippen molar-refractivity contribution in [1.29, 1.82) is 0 Å². The van der Waals surface area contributed by atoms with Gasteiger partial charge in [0.25, 0.3) is 11.8 Å². The molecule has 0 aliphatic rings. The summed E-state index contributed by atoms with van der Waals surface area (Å²) < 4.78 is 0. The molecule has 0 heterocycles. The number of nitrogens with one attached hydrogen (secondary N) is 4. The first-order valence-electron chi connectivity index (χ1n) is 11.8. The summed E-state index contributed by atoms with van der Waals surface area (Å²) >= 11 is 0. The fourth-order valence-electron chi connectivity index (χ4n) is 3.41. The van der Waals surface area contributed by atoms with Crippen LogP contribution in [0.2, 0.25) is 0 Å². The maximum atomic E-state index is 12.7. The summed E-state index contributed by atoms with van der Waals surface area (Å²) in [4.78, 5) is 37.5. The van der Waals surface area contributed by atoms with Crippen molar-refractivity contribution in [2.75, 3.05) is 17.2 Å². The van der Waals surface area contributed by atoms with E-state index in [0.717, 1.165) is 12.0 Å². The minimum atomic E-state index is -0.267. The zero-order valence-corrected chi connectivity index (χ0v) is 20.3. The topological polar surface area (TPSA) is 99.3 Å². The highest BCUT2D eigenvalue weighted by atomic mass is 16.2. The van der Waals surface area contributed by atoms with Crippen molar-refractivity contribution in [2.24, 2.45) is 0 Å². The molecule has 0 saturated heterocycles. The lowest BCUT2D eigenvalue weighted by Crippen LogP contribution is -2.32. The van der Waals surface area contributed by atoms with Gasteiger partial charge in [-0.2, -0.15) is 0 Å². The Hall–Kier alpha value is -4.13. The Morgan fingerprint density at radius 1 is 0.743 bits per heavy atom. The molecule has 3 amide bonds. The van der Waals surface area contributed by atoms with Gasteiger partial charge < -0.3 is 21.3 Å². The molecule has 0 spiro atoms. The van der Waals surface area contributed by atoms with E-state index >= 15 is 0 Å². The zero-order chi connectivity index (χ0) is 25.2. The van der Waals surface area contributed by atoms with E-state index in [1.165, 1.54) is 0 Å². The van der Waals surface area contributed by atoms with Gasteiger partial charge in [0.2, 0.25) is 5.91 Å². The molecule has 0 saturated carbocycles. The third-order valence-corrected chi connectivity index (χ3v) is 5.62. The molecule has 0 fully saturated rings. The Balaban J connectivity index is 1.54. The maximum Gasteiger partial charge on any atom is 0.251 e. The van der Waals surface area contributed by atoms with E-state index in [0.29, 0.717) is 22.5 Å². The molecule has 4 N–H and O–H groups in total. The van der Waals surface area contributed by atoms with Gasteiger partial charge in [0.15, 0.2) is 0 Å². The Morgan fingerprint density at radius 2 is 1.34 bits per heavy atom. The average molecular weight is 473 g/mol. The quantitative estimate of drug-likeness (QED) is 0.342. The number of hydrogen-bond acceptors (Lipinski definition) is 4. The first kappa shape index (κ1) is 25.5. The summed E-state index contributed by atoms with van der Waals surface area (Å²) in [7, 11) is 0. The molecule has 3 aromatic carbocycles. The summed E-state index contributed by atoms with van der Waals surface area (Å²) in [5.41, 5.74) is 3.20. The van der Waals surface area contributed by atoms with E-state index in [-0.39, 0.29) is 36.3 Å². The summed E-state index contributed by atoms with van der Waals surface area (Å²) in [6, 6.07) is 23.5. The Bertz CT molecular complexity index is 1160. The monoisotopic (exact) mass is 472 g/mol. The van der Waals surface area contributed by atoms with Crippen molar-refractivity contribution in [3.8, 4) is 0 Å². The van der Waals surface area contributed by atoms with Crippen LogP contribution in [-0.4, -0.2) is 30.3 Å². The molecule has 3 aromatic rings. The number of benzene rings is 3. The highest BCUT2D eigenvalue weighted by Crippen LogP contribution is 2.15. The van der Waals surface area contributed by atoms with E-state index in [4.69, 9.17) is 0 Å². The Kier molecular flexibility index (Phi) is 9.01. The molecule has 7 heteroatoms. The van der Waals surface area contributed by atoms with Crippen LogP contribution in [0.15, 0.2) is 78.9 Å². The number of carbonyl (C=O) groups excluding carboxylic acids is 3. The maximum absolute atomic E-state index is 12.7. The third-order valence-electron chi connectivity index (χ3n) is 5.62. The Labute approximate surface area is 206 Å². The lowest BCUT2D eigenvalue weighted by molar-refractivity contribution is -0.114. The van der Waals surface area contributed by atoms with Crippen molar-refractivity contribution in [2.45, 2.75) is 39.3 Å². The van der Waals surface area contributed by atoms with E-state index in [2.05, 4.69) is 21.3 Å². The minimum absolute atomic E-state index is 0.00871. The number of amides is 3. The molecule has 2 atom stereocenters. The lowest BCUT2D eigenvalue weighted by Gasteiger charge is -2.15. The van der Waals surface area contributed by atoms with Crippen molar-refractivity contribution in [3.05, 3.63) is 95.6 Å². The fraction of sp³-hybridized carbons (Fsp3) is 0.250. The SMILES string of the molecule is CCC(C)NC(=O)c1cccc(NC(=O)CNc2cccc(C(=O)NC(C)c3ccccc3)c2)c1. The second-order valence-electron chi connectivity index (χ2n) is 8.45. The van der Waals surface area contributed by atoms with Crippen LogP contribution in [0, 0.1) is 0 Å². The molecule has 0 bridgehead atoms. The predicted molar refractivity (Wildman–Crippen MR) is 140 cm³/mol. The van der Waals surface area contributed by atoms with E-state index in [1.54, 1.807) is 48.5 Å². The van der Waals surface area contributed by atoms with Gasteiger partial charge in [-0.1, -0.05) is 49.4 Å². The lowest BCUT2D eigenvalue weighted by atomic mass is 10.1. The predicted octanol–water partition coefficient (Wildman–Crippen LogP) is 4.76. The van der Waals surface area contributed by atoms with Gasteiger partial charge in [0.05, 0.1) is 12.6 Å². The van der Waals surface area contributed by atoms with Crippen molar-refractivity contribution in [3.63, 3.8) is 0 Å². The standard InChI is InChI=1S/C28H32N4O3/c1-4-19(2)30-27(34)23-13-9-15-25(17-23)32-26(33)18-29-24-14-8-12-22(16-24)28(35)31-20(3)21-10-6-5-7-11-21/h5-17,19-20,29H,4,18H2,1-3H3,(H,30,34)(H,31,35)(H,32,33). The minimum Gasteiger partial charge on any atom is -0.376 e. The normalized spacial score (nSPS) is 12.2. The first-order valence-corrected chi connectivity index (χ1v) is 11.8. The highest BCUT2D eigenvalue weighted by Gasteiger charge is 2.13. The van der Waals surface area contributed by atoms with E-state index in [9.17, 15) is 14.4 Å². The molecule has 7 nitrogen and oxygen atoms in total. The van der Waals surface area contributed by atoms with Gasteiger partial charge in [-0.05, 0) is 62.2 Å². The van der Waals surface area contributed by atoms with Crippen LogP contribution in [0.25, 0.3) is 0 Å².